The maximum atomic E-state index is 7.29. The molecule has 14 rings (SSSR count). The molecule has 0 radical (unpaired) electrons. The van der Waals surface area contributed by atoms with Crippen molar-refractivity contribution in [2.24, 2.45) is 0 Å². The minimum Gasteiger partial charge on any atom is -0.455 e. The third-order valence-corrected chi connectivity index (χ3v) is 14.3. The third kappa shape index (κ3) is 5.95. The monoisotopic (exact) mass is 882 g/mol. The summed E-state index contributed by atoms with van der Waals surface area (Å²) in [6.45, 7) is 0. The van der Waals surface area contributed by atoms with Crippen molar-refractivity contribution in [1.82, 2.24) is 0 Å². The predicted octanol–water partition coefficient (Wildman–Crippen LogP) is 17.8. The molecule has 1 spiro atoms. The van der Waals surface area contributed by atoms with Gasteiger partial charge in [0.25, 0.3) is 0 Å². The van der Waals surface area contributed by atoms with E-state index in [-0.39, 0.29) is 0 Å². The van der Waals surface area contributed by atoms with Gasteiger partial charge in [0.05, 0.1) is 11.1 Å². The van der Waals surface area contributed by atoms with Gasteiger partial charge in [-0.1, -0.05) is 170 Å². The van der Waals surface area contributed by atoms with E-state index in [1.165, 1.54) is 27.6 Å². The SMILES string of the molecule is c1ccc(N(c2ccccc2)c2cccc(N(c3ccc(-c4ccc5c(c4)oc4c6ccccc6ccc54)cc3)c3cccc4c3Oc3ccccc3C43c4ccccc4-c4ccccc43)c2)cc1. The van der Waals surface area contributed by atoms with Crippen molar-refractivity contribution in [3.05, 3.63) is 277 Å². The van der Waals surface area contributed by atoms with Crippen molar-refractivity contribution in [3.8, 4) is 33.8 Å². The summed E-state index contributed by atoms with van der Waals surface area (Å²) in [5, 5.41) is 4.54. The van der Waals surface area contributed by atoms with Crippen LogP contribution in [-0.4, -0.2) is 0 Å². The molecule has 4 nitrogen and oxygen atoms in total. The van der Waals surface area contributed by atoms with Gasteiger partial charge in [0, 0.05) is 55.7 Å². The first-order chi connectivity index (χ1) is 34.2. The maximum absolute atomic E-state index is 7.29. The summed E-state index contributed by atoms with van der Waals surface area (Å²) in [5.74, 6) is 1.67. The Morgan fingerprint density at radius 1 is 0.333 bits per heavy atom. The Balaban J connectivity index is 0.965. The summed E-state index contributed by atoms with van der Waals surface area (Å²) in [4.78, 5) is 4.68. The van der Waals surface area contributed by atoms with Crippen LogP contribution in [0.1, 0.15) is 22.3 Å². The Kier molecular flexibility index (Phi) is 8.77. The third-order valence-electron chi connectivity index (χ3n) is 14.3. The zero-order valence-corrected chi connectivity index (χ0v) is 37.5. The number of hydrogen-bond donors (Lipinski definition) is 0. The molecule has 1 aliphatic carbocycles. The number of ether oxygens (including phenoxy) is 1. The Morgan fingerprint density at radius 2 is 0.884 bits per heavy atom. The van der Waals surface area contributed by atoms with Gasteiger partial charge in [-0.2, -0.15) is 0 Å². The number of anilines is 6. The fourth-order valence-corrected chi connectivity index (χ4v) is 11.3. The molecule has 4 heteroatoms. The Labute approximate surface area is 400 Å². The van der Waals surface area contributed by atoms with Gasteiger partial charge in [0.2, 0.25) is 0 Å². The van der Waals surface area contributed by atoms with Crippen LogP contribution in [0, 0.1) is 0 Å². The van der Waals surface area contributed by atoms with Gasteiger partial charge in [-0.05, 0) is 124 Å². The van der Waals surface area contributed by atoms with Crippen molar-refractivity contribution >= 4 is 66.8 Å². The normalized spacial score (nSPS) is 12.9. The van der Waals surface area contributed by atoms with E-state index < -0.39 is 5.41 Å². The number of nitrogens with zero attached hydrogens (tertiary/aromatic N) is 2. The van der Waals surface area contributed by atoms with Crippen molar-refractivity contribution in [2.75, 3.05) is 9.80 Å². The van der Waals surface area contributed by atoms with E-state index >= 15 is 0 Å². The molecule has 69 heavy (non-hydrogen) atoms. The van der Waals surface area contributed by atoms with E-state index in [2.05, 4.69) is 265 Å². The molecule has 1 aliphatic heterocycles. The van der Waals surface area contributed by atoms with E-state index in [0.717, 1.165) is 95.2 Å². The second kappa shape index (κ2) is 15.5. The lowest BCUT2D eigenvalue weighted by Gasteiger charge is -2.41. The molecule has 0 N–H and O–H groups in total. The molecular weight excluding hydrogens is 841 g/mol. The van der Waals surface area contributed by atoms with Crippen LogP contribution in [0.15, 0.2) is 259 Å². The van der Waals surface area contributed by atoms with Crippen molar-refractivity contribution in [1.29, 1.82) is 0 Å². The number of benzene rings is 11. The van der Waals surface area contributed by atoms with Crippen LogP contribution in [0.3, 0.4) is 0 Å². The number of furan rings is 1. The van der Waals surface area contributed by atoms with Gasteiger partial charge in [-0.25, -0.2) is 0 Å². The molecule has 0 saturated carbocycles. The van der Waals surface area contributed by atoms with Crippen molar-refractivity contribution in [2.45, 2.75) is 5.41 Å². The van der Waals surface area contributed by atoms with Crippen molar-refractivity contribution < 1.29 is 9.15 Å². The molecule has 0 saturated heterocycles. The number of para-hydroxylation sites is 4. The van der Waals surface area contributed by atoms with E-state index in [1.54, 1.807) is 0 Å². The molecule has 0 atom stereocenters. The van der Waals surface area contributed by atoms with Crippen LogP contribution in [0.4, 0.5) is 34.1 Å². The molecule has 0 amide bonds. The zero-order chi connectivity index (χ0) is 45.5. The number of fused-ring (bicyclic) bond motifs is 14. The Morgan fingerprint density at radius 3 is 1.62 bits per heavy atom. The topological polar surface area (TPSA) is 28.9 Å². The lowest BCUT2D eigenvalue weighted by molar-refractivity contribution is 0.437. The lowest BCUT2D eigenvalue weighted by Crippen LogP contribution is -2.32. The molecule has 324 valence electrons. The Bertz CT molecular complexity index is 3870. The number of rotatable bonds is 7. The summed E-state index contributed by atoms with van der Waals surface area (Å²) in [6.07, 6.45) is 0. The first kappa shape index (κ1) is 39.1. The Hall–Kier alpha value is -9.12. The van der Waals surface area contributed by atoms with Crippen LogP contribution >= 0.6 is 0 Å². The number of hydrogen-bond acceptors (Lipinski definition) is 4. The van der Waals surface area contributed by atoms with E-state index in [0.29, 0.717) is 0 Å². The molecule has 0 fully saturated rings. The highest BCUT2D eigenvalue weighted by Crippen LogP contribution is 2.64. The maximum Gasteiger partial charge on any atom is 0.156 e. The molecule has 0 unspecified atom stereocenters. The summed E-state index contributed by atoms with van der Waals surface area (Å²) in [5.41, 5.74) is 16.7. The lowest BCUT2D eigenvalue weighted by atomic mass is 9.66. The quantitative estimate of drug-likeness (QED) is 0.159. The standard InChI is InChI=1S/C65H42N2O2/c1-3-18-46(19-4-1)66(47-20-5-2-6-21-47)49-22-15-23-50(42-49)67(48-37-33-43(34-38-48)45-36-39-54-55-40-35-44-17-7-8-24-51(44)63(55)69-62(54)41-45)60-31-16-30-59-64(60)68-61-32-14-13-29-58(61)65(59)56-27-11-9-25-52(56)53-26-10-12-28-57(53)65/h1-42H. The highest BCUT2D eigenvalue weighted by atomic mass is 16.5. The molecule has 2 heterocycles. The van der Waals surface area contributed by atoms with Crippen LogP contribution in [0.2, 0.25) is 0 Å². The highest BCUT2D eigenvalue weighted by molar-refractivity contribution is 6.15. The predicted molar refractivity (Wildman–Crippen MR) is 283 cm³/mol. The van der Waals surface area contributed by atoms with Gasteiger partial charge in [0.15, 0.2) is 5.75 Å². The smallest absolute Gasteiger partial charge is 0.156 e. The van der Waals surface area contributed by atoms with E-state index in [9.17, 15) is 0 Å². The van der Waals surface area contributed by atoms with Crippen molar-refractivity contribution in [3.63, 3.8) is 0 Å². The van der Waals surface area contributed by atoms with Gasteiger partial charge < -0.3 is 19.0 Å². The largest absolute Gasteiger partial charge is 0.455 e. The summed E-state index contributed by atoms with van der Waals surface area (Å²) < 4.78 is 13.9. The average Bonchev–Trinajstić information content (AvgIpc) is 3.94. The van der Waals surface area contributed by atoms with Gasteiger partial charge in [-0.15, -0.1) is 0 Å². The minimum absolute atomic E-state index is 0.607. The van der Waals surface area contributed by atoms with Crippen LogP contribution in [0.25, 0.3) is 55.0 Å². The second-order valence-corrected chi connectivity index (χ2v) is 18.0. The van der Waals surface area contributed by atoms with Crippen LogP contribution < -0.4 is 14.5 Å². The highest BCUT2D eigenvalue weighted by Gasteiger charge is 2.51. The van der Waals surface area contributed by atoms with E-state index in [1.807, 2.05) is 0 Å². The minimum atomic E-state index is -0.607. The van der Waals surface area contributed by atoms with E-state index in [4.69, 9.17) is 9.15 Å². The van der Waals surface area contributed by atoms with Gasteiger partial charge >= 0.3 is 0 Å². The summed E-state index contributed by atoms with van der Waals surface area (Å²) in [6, 6.07) is 91.4. The fraction of sp³-hybridized carbons (Fsp3) is 0.0154. The zero-order valence-electron chi connectivity index (χ0n) is 37.5. The molecule has 12 aromatic rings. The first-order valence-electron chi connectivity index (χ1n) is 23.6. The van der Waals surface area contributed by atoms with Gasteiger partial charge in [-0.3, -0.25) is 0 Å². The summed E-state index contributed by atoms with van der Waals surface area (Å²) in [7, 11) is 0. The molecule has 0 bridgehead atoms. The van der Waals surface area contributed by atoms with Crippen LogP contribution in [0.5, 0.6) is 11.5 Å². The van der Waals surface area contributed by atoms with Crippen LogP contribution in [-0.2, 0) is 5.41 Å². The molecular formula is C65H42N2O2. The average molecular weight is 883 g/mol. The first-order valence-corrected chi connectivity index (χ1v) is 23.6. The van der Waals surface area contributed by atoms with Gasteiger partial charge in [0.1, 0.15) is 16.9 Å². The fourth-order valence-electron chi connectivity index (χ4n) is 11.3. The molecule has 2 aliphatic rings. The summed E-state index contributed by atoms with van der Waals surface area (Å²) >= 11 is 0. The molecule has 11 aromatic carbocycles. The molecule has 1 aromatic heterocycles. The second-order valence-electron chi connectivity index (χ2n) is 18.0.